The van der Waals surface area contributed by atoms with Crippen LogP contribution in [-0.2, 0) is 14.6 Å². The molecule has 1 aromatic carbocycles. The van der Waals surface area contributed by atoms with E-state index >= 15 is 0 Å². The van der Waals surface area contributed by atoms with Crippen LogP contribution in [0.1, 0.15) is 19.4 Å². The number of nitrogens with zero attached hydrogens (tertiary/aromatic N) is 4. The molecule has 34 heavy (non-hydrogen) atoms. The van der Waals surface area contributed by atoms with Gasteiger partial charge in [0.1, 0.15) is 11.1 Å². The Kier molecular flexibility index (Phi) is 8.04. The van der Waals surface area contributed by atoms with Crippen LogP contribution in [0.4, 0.5) is 10.5 Å². The second kappa shape index (κ2) is 10.6. The molecule has 2 heterocycles. The van der Waals surface area contributed by atoms with Crippen molar-refractivity contribution in [2.24, 2.45) is 16.6 Å². The number of amidine groups is 1. The average Bonchev–Trinajstić information content (AvgIpc) is 2.78. The quantitative estimate of drug-likeness (QED) is 0.357. The fourth-order valence-corrected chi connectivity index (χ4v) is 5.44. The predicted molar refractivity (Wildman–Crippen MR) is 136 cm³/mol. The molecule has 2 fully saturated rings. The highest BCUT2D eigenvalue weighted by atomic mass is 32.2. The summed E-state index contributed by atoms with van der Waals surface area (Å²) in [6.45, 7) is 10.6. The zero-order valence-corrected chi connectivity index (χ0v) is 21.2. The minimum absolute atomic E-state index is 0.0874. The van der Waals surface area contributed by atoms with E-state index in [1.54, 1.807) is 38.5 Å². The minimum Gasteiger partial charge on any atom is -0.387 e. The summed E-state index contributed by atoms with van der Waals surface area (Å²) in [6, 6.07) is 5.13. The van der Waals surface area contributed by atoms with Gasteiger partial charge in [-0.05, 0) is 29.3 Å². The van der Waals surface area contributed by atoms with Gasteiger partial charge in [-0.3, -0.25) is 0 Å². The lowest BCUT2D eigenvalue weighted by Gasteiger charge is -2.40. The SMILES string of the molecule is C=C/C(=C\N=C(\N)C(C)C)c1cc(N2CCOCC2)cc(S(=O)(=O)C2CN(C(=O)N(C)C)C2)c1. The summed E-state index contributed by atoms with van der Waals surface area (Å²) in [5, 5.41) is -0.644. The lowest BCUT2D eigenvalue weighted by Crippen LogP contribution is -2.59. The summed E-state index contributed by atoms with van der Waals surface area (Å²) in [5.41, 5.74) is 8.15. The standard InChI is InChI=1S/C24H35N5O4S/c1-6-18(14-26-23(25)17(2)3)19-11-20(28-7-9-33-10-8-28)13-21(12-19)34(31,32)22-15-29(16-22)24(30)27(4)5/h6,11-14,17,22H,1,7-10,15-16H2,2-5H3,(H2,25,26)/b18-14+. The maximum atomic E-state index is 13.5. The van der Waals surface area contributed by atoms with Gasteiger partial charge in [-0.1, -0.05) is 26.5 Å². The number of allylic oxidation sites excluding steroid dienone is 2. The number of rotatable bonds is 7. The van der Waals surface area contributed by atoms with E-state index in [9.17, 15) is 13.2 Å². The number of nitrogens with two attached hydrogens (primary N) is 1. The number of urea groups is 1. The van der Waals surface area contributed by atoms with Crippen molar-refractivity contribution in [3.8, 4) is 0 Å². The Balaban J connectivity index is 2.00. The molecule has 2 aliphatic heterocycles. The van der Waals surface area contributed by atoms with E-state index in [4.69, 9.17) is 10.5 Å². The summed E-state index contributed by atoms with van der Waals surface area (Å²) in [5.74, 6) is 0.570. The van der Waals surface area contributed by atoms with E-state index in [0.717, 1.165) is 5.69 Å². The molecule has 0 aliphatic carbocycles. The summed E-state index contributed by atoms with van der Waals surface area (Å²) < 4.78 is 32.5. The third kappa shape index (κ3) is 5.61. The van der Waals surface area contributed by atoms with Gasteiger partial charge in [0, 0.05) is 58.1 Å². The number of aliphatic imine (C=N–C) groups is 1. The van der Waals surface area contributed by atoms with Crippen molar-refractivity contribution in [3.05, 3.63) is 42.6 Å². The van der Waals surface area contributed by atoms with E-state index in [1.165, 1.54) is 9.80 Å². The average molecular weight is 490 g/mol. The molecule has 0 radical (unpaired) electrons. The van der Waals surface area contributed by atoms with Crippen LogP contribution in [0, 0.1) is 5.92 Å². The van der Waals surface area contributed by atoms with Gasteiger partial charge in [0.25, 0.3) is 0 Å². The molecule has 0 atom stereocenters. The Morgan fingerprint density at radius 2 is 1.88 bits per heavy atom. The number of sulfone groups is 1. The molecule has 2 amide bonds. The molecule has 0 saturated carbocycles. The molecule has 2 saturated heterocycles. The molecule has 0 spiro atoms. The molecule has 9 nitrogen and oxygen atoms in total. The normalized spacial score (nSPS) is 18.1. The number of carbonyl (C=O) groups excluding carboxylic acids is 1. The summed E-state index contributed by atoms with van der Waals surface area (Å²) in [4.78, 5) is 21.8. The van der Waals surface area contributed by atoms with Gasteiger partial charge in [-0.2, -0.15) is 0 Å². The van der Waals surface area contributed by atoms with Crippen molar-refractivity contribution in [2.45, 2.75) is 24.0 Å². The molecular weight excluding hydrogens is 454 g/mol. The number of carbonyl (C=O) groups is 1. The van der Waals surface area contributed by atoms with Crippen molar-refractivity contribution in [3.63, 3.8) is 0 Å². The lowest BCUT2D eigenvalue weighted by molar-refractivity contribution is 0.122. The predicted octanol–water partition coefficient (Wildman–Crippen LogP) is 2.20. The number of hydrogen-bond donors (Lipinski definition) is 1. The number of likely N-dealkylation sites (tertiary alicyclic amines) is 1. The van der Waals surface area contributed by atoms with Gasteiger partial charge in [0.15, 0.2) is 9.84 Å². The Bertz CT molecular complexity index is 1080. The van der Waals surface area contributed by atoms with Crippen LogP contribution in [-0.4, -0.2) is 88.8 Å². The molecule has 10 heteroatoms. The molecule has 1 aromatic rings. The first-order valence-electron chi connectivity index (χ1n) is 11.4. The lowest BCUT2D eigenvalue weighted by atomic mass is 10.1. The topological polar surface area (TPSA) is 109 Å². The summed E-state index contributed by atoms with van der Waals surface area (Å²) in [7, 11) is -0.351. The van der Waals surface area contributed by atoms with Crippen molar-refractivity contribution >= 4 is 33.0 Å². The van der Waals surface area contributed by atoms with Crippen molar-refractivity contribution in [1.29, 1.82) is 0 Å². The zero-order chi connectivity index (χ0) is 25.0. The molecule has 0 unspecified atom stereocenters. The smallest absolute Gasteiger partial charge is 0.319 e. The maximum absolute atomic E-state index is 13.5. The highest BCUT2D eigenvalue weighted by Gasteiger charge is 2.41. The van der Waals surface area contributed by atoms with Gasteiger partial charge in [-0.25, -0.2) is 18.2 Å². The molecule has 186 valence electrons. The largest absolute Gasteiger partial charge is 0.387 e. The second-order valence-electron chi connectivity index (χ2n) is 9.06. The Morgan fingerprint density at radius 1 is 1.24 bits per heavy atom. The van der Waals surface area contributed by atoms with Crippen molar-refractivity contribution in [2.75, 3.05) is 58.4 Å². The molecular formula is C24H35N5O4S. The first kappa shape index (κ1) is 25.8. The molecule has 2 N–H and O–H groups in total. The van der Waals surface area contributed by atoms with E-state index in [-0.39, 0.29) is 29.9 Å². The fourth-order valence-electron chi connectivity index (χ4n) is 3.72. The third-order valence-electron chi connectivity index (χ3n) is 6.03. The van der Waals surface area contributed by atoms with Gasteiger partial charge >= 0.3 is 6.03 Å². The monoisotopic (exact) mass is 489 g/mol. The number of amides is 2. The van der Waals surface area contributed by atoms with E-state index in [2.05, 4.69) is 16.5 Å². The van der Waals surface area contributed by atoms with Crippen LogP contribution in [0.25, 0.3) is 5.57 Å². The first-order chi connectivity index (χ1) is 16.0. The molecule has 2 aliphatic rings. The highest BCUT2D eigenvalue weighted by molar-refractivity contribution is 7.92. The van der Waals surface area contributed by atoms with E-state index in [1.807, 2.05) is 19.9 Å². The molecule has 3 rings (SSSR count). The second-order valence-corrected chi connectivity index (χ2v) is 11.3. The van der Waals surface area contributed by atoms with E-state index < -0.39 is 15.1 Å². The van der Waals surface area contributed by atoms with Crippen LogP contribution in [0.2, 0.25) is 0 Å². The van der Waals surface area contributed by atoms with Crippen LogP contribution in [0.15, 0.2) is 46.9 Å². The summed E-state index contributed by atoms with van der Waals surface area (Å²) >= 11 is 0. The van der Waals surface area contributed by atoms with Gasteiger partial charge in [-0.15, -0.1) is 0 Å². The van der Waals surface area contributed by atoms with Crippen molar-refractivity contribution in [1.82, 2.24) is 9.80 Å². The molecule has 0 bridgehead atoms. The Morgan fingerprint density at radius 3 is 2.44 bits per heavy atom. The van der Waals surface area contributed by atoms with Crippen LogP contribution in [0.5, 0.6) is 0 Å². The van der Waals surface area contributed by atoms with E-state index in [0.29, 0.717) is 43.3 Å². The number of ether oxygens (including phenoxy) is 1. The van der Waals surface area contributed by atoms with Crippen LogP contribution < -0.4 is 10.6 Å². The molecule has 0 aromatic heterocycles. The first-order valence-corrected chi connectivity index (χ1v) is 12.9. The maximum Gasteiger partial charge on any atom is 0.319 e. The number of anilines is 1. The zero-order valence-electron chi connectivity index (χ0n) is 20.4. The van der Waals surface area contributed by atoms with Gasteiger partial charge in [0.2, 0.25) is 0 Å². The highest BCUT2D eigenvalue weighted by Crippen LogP contribution is 2.32. The van der Waals surface area contributed by atoms with Gasteiger partial charge in [0.05, 0.1) is 18.1 Å². The van der Waals surface area contributed by atoms with Crippen molar-refractivity contribution < 1.29 is 17.9 Å². The van der Waals surface area contributed by atoms with Crippen LogP contribution >= 0.6 is 0 Å². The summed E-state index contributed by atoms with van der Waals surface area (Å²) in [6.07, 6.45) is 3.27. The number of morpholine rings is 1. The minimum atomic E-state index is -3.66. The number of benzene rings is 1. The van der Waals surface area contributed by atoms with Crippen LogP contribution in [0.3, 0.4) is 0 Å². The van der Waals surface area contributed by atoms with Gasteiger partial charge < -0.3 is 25.2 Å². The Labute approximate surface area is 202 Å². The fraction of sp³-hybridized carbons (Fsp3) is 0.500. The Hall–Kier alpha value is -2.85. The third-order valence-corrected chi connectivity index (χ3v) is 8.10. The number of hydrogen-bond acceptors (Lipinski definition) is 6.